The topological polar surface area (TPSA) is 96.6 Å². The highest BCUT2D eigenvalue weighted by Gasteiger charge is 2.18. The number of nitrogens with one attached hydrogen (secondary N) is 2. The first-order chi connectivity index (χ1) is 10.4. The summed E-state index contributed by atoms with van der Waals surface area (Å²) in [5, 5.41) is 2.93. The predicted molar refractivity (Wildman–Crippen MR) is 106 cm³/mol. The number of aliphatic imine (C=N–C) groups is 1. The molecule has 1 aromatic rings. The molecule has 1 heterocycles. The molecule has 1 aromatic heterocycles. The molecule has 23 heavy (non-hydrogen) atoms. The van der Waals surface area contributed by atoms with Crippen molar-refractivity contribution >= 4 is 51.3 Å². The van der Waals surface area contributed by atoms with Gasteiger partial charge in [0.15, 0.2) is 5.96 Å². The van der Waals surface area contributed by atoms with Gasteiger partial charge in [-0.25, -0.2) is 13.1 Å². The number of hydrogen-bond donors (Lipinski definition) is 3. The normalized spacial score (nSPS) is 15.8. The number of nitrogens with two attached hydrogens (primary N) is 1. The molecule has 1 aliphatic carbocycles. The Morgan fingerprint density at radius 2 is 2.09 bits per heavy atom. The lowest BCUT2D eigenvalue weighted by Gasteiger charge is -2.23. The van der Waals surface area contributed by atoms with E-state index in [1.54, 1.807) is 6.07 Å². The fourth-order valence-corrected chi connectivity index (χ4v) is 4.87. The maximum atomic E-state index is 12.2. The Hall–Kier alpha value is -0.390. The van der Waals surface area contributed by atoms with Crippen molar-refractivity contribution in [1.82, 2.24) is 10.0 Å². The monoisotopic (exact) mass is 472 g/mol. The van der Waals surface area contributed by atoms with Crippen molar-refractivity contribution in [2.24, 2.45) is 16.6 Å². The molecule has 0 unspecified atom stereocenters. The summed E-state index contributed by atoms with van der Waals surface area (Å²) in [5.41, 5.74) is 5.75. The first-order valence-corrected chi connectivity index (χ1v) is 9.79. The van der Waals surface area contributed by atoms with Gasteiger partial charge in [0.05, 0.1) is 4.90 Å². The minimum absolute atomic E-state index is 0. The molecule has 0 amide bonds. The average Bonchev–Trinajstić information content (AvgIpc) is 2.73. The zero-order valence-corrected chi connectivity index (χ0v) is 17.4. The van der Waals surface area contributed by atoms with Crippen LogP contribution in [0.4, 0.5) is 0 Å². The van der Waals surface area contributed by atoms with E-state index < -0.39 is 10.0 Å². The lowest BCUT2D eigenvalue weighted by molar-refractivity contribution is 0.326. The highest BCUT2D eigenvalue weighted by molar-refractivity contribution is 14.0. The van der Waals surface area contributed by atoms with Crippen molar-refractivity contribution in [3.63, 3.8) is 0 Å². The van der Waals surface area contributed by atoms with E-state index in [9.17, 15) is 8.42 Å². The number of nitrogens with zero attached hydrogens (tertiary/aromatic N) is 1. The number of rotatable bonds is 7. The summed E-state index contributed by atoms with van der Waals surface area (Å²) in [6, 6.07) is 1.70. The molecule has 0 radical (unpaired) electrons. The summed E-state index contributed by atoms with van der Waals surface area (Å²) in [6.45, 7) is 5.17. The number of thiophene rings is 1. The minimum atomic E-state index is -3.45. The third-order valence-electron chi connectivity index (χ3n) is 3.75. The molecule has 0 bridgehead atoms. The third-order valence-corrected chi connectivity index (χ3v) is 6.44. The number of guanidine groups is 1. The molecular weight excluding hydrogens is 447 g/mol. The van der Waals surface area contributed by atoms with Crippen molar-refractivity contribution in [1.29, 1.82) is 0 Å². The molecule has 0 aromatic carbocycles. The van der Waals surface area contributed by atoms with Gasteiger partial charge in [-0.2, -0.15) is 0 Å². The molecule has 1 saturated carbocycles. The van der Waals surface area contributed by atoms with Crippen LogP contribution in [0, 0.1) is 19.8 Å². The van der Waals surface area contributed by atoms with Crippen molar-refractivity contribution in [3.05, 3.63) is 15.8 Å². The van der Waals surface area contributed by atoms with Gasteiger partial charge in [-0.3, -0.25) is 4.99 Å². The average molecular weight is 472 g/mol. The molecule has 4 N–H and O–H groups in total. The molecule has 0 aliphatic heterocycles. The fourth-order valence-electron chi connectivity index (χ4n) is 2.29. The Kier molecular flexibility index (Phi) is 8.25. The molecule has 0 saturated heterocycles. The predicted octanol–water partition coefficient (Wildman–Crippen LogP) is 1.97. The highest BCUT2D eigenvalue weighted by atomic mass is 127. The van der Waals surface area contributed by atoms with Gasteiger partial charge in [-0.05, 0) is 38.7 Å². The Morgan fingerprint density at radius 1 is 1.39 bits per heavy atom. The van der Waals surface area contributed by atoms with Crippen molar-refractivity contribution in [2.75, 3.05) is 19.6 Å². The van der Waals surface area contributed by atoms with Crippen LogP contribution in [0.3, 0.4) is 0 Å². The second-order valence-electron chi connectivity index (χ2n) is 5.62. The number of sulfonamides is 1. The standard InChI is InChI=1S/C14H24N4O2S2.HI/c1-10-8-13(11(2)21-10)22(19,20)18-7-6-16-14(15)17-9-12-4-3-5-12;/h8,12,18H,3-7,9H2,1-2H3,(H3,15,16,17);1H. The number of hydrogen-bond acceptors (Lipinski definition) is 4. The van der Waals surface area contributed by atoms with E-state index in [2.05, 4.69) is 15.0 Å². The summed E-state index contributed by atoms with van der Waals surface area (Å²) in [5.74, 6) is 1.05. The van der Waals surface area contributed by atoms with Crippen LogP contribution in [0.1, 0.15) is 29.0 Å². The molecule has 0 atom stereocenters. The second-order valence-corrected chi connectivity index (χ2v) is 8.82. The largest absolute Gasteiger partial charge is 0.370 e. The van der Waals surface area contributed by atoms with Crippen molar-refractivity contribution in [3.8, 4) is 0 Å². The summed E-state index contributed by atoms with van der Waals surface area (Å²) in [7, 11) is -3.45. The molecule has 9 heteroatoms. The van der Waals surface area contributed by atoms with Crippen LogP contribution in [0.2, 0.25) is 0 Å². The summed E-state index contributed by atoms with van der Waals surface area (Å²) in [6.07, 6.45) is 3.75. The van der Waals surface area contributed by atoms with E-state index in [1.165, 1.54) is 30.6 Å². The zero-order valence-electron chi connectivity index (χ0n) is 13.5. The van der Waals surface area contributed by atoms with E-state index in [4.69, 9.17) is 5.73 Å². The van der Waals surface area contributed by atoms with Crippen LogP contribution in [0.5, 0.6) is 0 Å². The Morgan fingerprint density at radius 3 is 2.61 bits per heavy atom. The lowest BCUT2D eigenvalue weighted by atomic mass is 9.86. The third kappa shape index (κ3) is 6.20. The molecule has 0 spiro atoms. The van der Waals surface area contributed by atoms with Gasteiger partial charge >= 0.3 is 0 Å². The van der Waals surface area contributed by atoms with Gasteiger partial charge in [0.1, 0.15) is 0 Å². The number of aryl methyl sites for hydroxylation is 2. The molecule has 1 aliphatic rings. The quantitative estimate of drug-likeness (QED) is 0.245. The molecule has 2 rings (SSSR count). The highest BCUT2D eigenvalue weighted by Crippen LogP contribution is 2.26. The van der Waals surface area contributed by atoms with Gasteiger partial charge < -0.3 is 11.1 Å². The Bertz CT molecular complexity index is 639. The van der Waals surface area contributed by atoms with Gasteiger partial charge in [0, 0.05) is 29.4 Å². The van der Waals surface area contributed by atoms with Crippen LogP contribution < -0.4 is 15.8 Å². The van der Waals surface area contributed by atoms with E-state index in [0.717, 1.165) is 16.3 Å². The smallest absolute Gasteiger partial charge is 0.241 e. The summed E-state index contributed by atoms with van der Waals surface area (Å²) < 4.78 is 26.9. The van der Waals surface area contributed by atoms with Crippen LogP contribution in [0.15, 0.2) is 16.0 Å². The minimum Gasteiger partial charge on any atom is -0.370 e. The molecular formula is C14H25IN4O2S2. The van der Waals surface area contributed by atoms with Gasteiger partial charge in [-0.15, -0.1) is 35.3 Å². The van der Waals surface area contributed by atoms with E-state index in [1.807, 2.05) is 13.8 Å². The first-order valence-electron chi connectivity index (χ1n) is 7.49. The van der Waals surface area contributed by atoms with E-state index in [-0.39, 0.29) is 30.5 Å². The van der Waals surface area contributed by atoms with E-state index in [0.29, 0.717) is 23.3 Å². The van der Waals surface area contributed by atoms with Crippen LogP contribution >= 0.6 is 35.3 Å². The molecule has 132 valence electrons. The van der Waals surface area contributed by atoms with Gasteiger partial charge in [0.25, 0.3) is 0 Å². The van der Waals surface area contributed by atoms with Crippen LogP contribution in [-0.2, 0) is 10.0 Å². The van der Waals surface area contributed by atoms with Crippen LogP contribution in [-0.4, -0.2) is 34.0 Å². The first kappa shape index (κ1) is 20.7. The van der Waals surface area contributed by atoms with Crippen molar-refractivity contribution in [2.45, 2.75) is 38.0 Å². The summed E-state index contributed by atoms with van der Waals surface area (Å²) in [4.78, 5) is 6.42. The number of halogens is 1. The SMILES string of the molecule is Cc1cc(S(=O)(=O)NCCNC(N)=NCC2CCC2)c(C)s1.I. The van der Waals surface area contributed by atoms with Crippen molar-refractivity contribution < 1.29 is 8.42 Å². The molecule has 6 nitrogen and oxygen atoms in total. The van der Waals surface area contributed by atoms with Gasteiger partial charge in [-0.1, -0.05) is 6.42 Å². The Labute approximate surface area is 159 Å². The maximum absolute atomic E-state index is 12.2. The fraction of sp³-hybridized carbons (Fsp3) is 0.643. The second kappa shape index (κ2) is 9.19. The summed E-state index contributed by atoms with van der Waals surface area (Å²) >= 11 is 1.48. The molecule has 1 fully saturated rings. The lowest BCUT2D eigenvalue weighted by Crippen LogP contribution is -2.38. The van der Waals surface area contributed by atoms with E-state index >= 15 is 0 Å². The maximum Gasteiger partial charge on any atom is 0.241 e. The van der Waals surface area contributed by atoms with Gasteiger partial charge in [0.2, 0.25) is 10.0 Å². The Balaban J connectivity index is 0.00000264. The van der Waals surface area contributed by atoms with Crippen LogP contribution in [0.25, 0.3) is 0 Å². The zero-order chi connectivity index (χ0) is 16.2.